The average molecular weight is 214 g/mol. The van der Waals surface area contributed by atoms with Crippen LogP contribution < -0.4 is 14.2 Å². The van der Waals surface area contributed by atoms with Crippen LogP contribution in [0.1, 0.15) is 0 Å². The summed E-state index contributed by atoms with van der Waals surface area (Å²) in [4.78, 5) is 1.03. The number of ether oxygens (including phenoxy) is 3. The van der Waals surface area contributed by atoms with E-state index in [0.29, 0.717) is 11.5 Å². The van der Waals surface area contributed by atoms with Gasteiger partial charge >= 0.3 is 0 Å². The number of thioether (sulfide) groups is 1. The lowest BCUT2D eigenvalue weighted by molar-refractivity contribution is 0.319. The van der Waals surface area contributed by atoms with Crippen LogP contribution in [0.3, 0.4) is 0 Å². The van der Waals surface area contributed by atoms with Crippen molar-refractivity contribution in [3.05, 3.63) is 12.1 Å². The van der Waals surface area contributed by atoms with Crippen LogP contribution in [0.2, 0.25) is 0 Å². The van der Waals surface area contributed by atoms with Crippen molar-refractivity contribution in [1.29, 1.82) is 0 Å². The highest BCUT2D eigenvalue weighted by atomic mass is 32.2. The molecule has 0 atom stereocenters. The molecule has 0 saturated carbocycles. The molecule has 78 valence electrons. The minimum Gasteiger partial charge on any atom is -0.493 e. The Morgan fingerprint density at radius 2 is 1.57 bits per heavy atom. The minimum absolute atomic E-state index is 0.641. The Labute approximate surface area is 88.4 Å². The van der Waals surface area contributed by atoms with Crippen LogP contribution in [-0.4, -0.2) is 27.6 Å². The molecule has 0 aliphatic carbocycles. The van der Waals surface area contributed by atoms with E-state index >= 15 is 0 Å². The number of rotatable bonds is 4. The van der Waals surface area contributed by atoms with Crippen molar-refractivity contribution in [1.82, 2.24) is 0 Å². The quantitative estimate of drug-likeness (QED) is 0.719. The Morgan fingerprint density at radius 1 is 0.929 bits per heavy atom. The fourth-order valence-electron chi connectivity index (χ4n) is 1.23. The third-order valence-electron chi connectivity index (χ3n) is 1.89. The van der Waals surface area contributed by atoms with Gasteiger partial charge in [0.2, 0.25) is 5.75 Å². The first-order valence-electron chi connectivity index (χ1n) is 4.11. The molecule has 1 rings (SSSR count). The van der Waals surface area contributed by atoms with Gasteiger partial charge in [0.1, 0.15) is 0 Å². The van der Waals surface area contributed by atoms with Gasteiger partial charge in [0.15, 0.2) is 11.5 Å². The van der Waals surface area contributed by atoms with Crippen molar-refractivity contribution in [2.75, 3.05) is 27.6 Å². The van der Waals surface area contributed by atoms with E-state index in [9.17, 15) is 0 Å². The van der Waals surface area contributed by atoms with Gasteiger partial charge in [-0.3, -0.25) is 0 Å². The second-order valence-electron chi connectivity index (χ2n) is 2.54. The summed E-state index contributed by atoms with van der Waals surface area (Å²) in [6, 6.07) is 3.82. The summed E-state index contributed by atoms with van der Waals surface area (Å²) in [5.74, 6) is 2.04. The van der Waals surface area contributed by atoms with Crippen LogP contribution in [-0.2, 0) is 0 Å². The van der Waals surface area contributed by atoms with Gasteiger partial charge < -0.3 is 14.2 Å². The fraction of sp³-hybridized carbons (Fsp3) is 0.400. The molecule has 0 saturated heterocycles. The van der Waals surface area contributed by atoms with Gasteiger partial charge in [-0.05, 0) is 18.4 Å². The van der Waals surface area contributed by atoms with E-state index in [1.807, 2.05) is 18.4 Å². The average Bonchev–Trinajstić information content (AvgIpc) is 2.26. The van der Waals surface area contributed by atoms with E-state index in [2.05, 4.69) is 0 Å². The molecule has 0 spiro atoms. The molecule has 14 heavy (non-hydrogen) atoms. The number of methoxy groups -OCH3 is 3. The maximum atomic E-state index is 5.27. The van der Waals surface area contributed by atoms with Gasteiger partial charge in [-0.25, -0.2) is 0 Å². The zero-order chi connectivity index (χ0) is 10.6. The van der Waals surface area contributed by atoms with Gasteiger partial charge in [0, 0.05) is 0 Å². The zero-order valence-electron chi connectivity index (χ0n) is 8.79. The molecule has 0 aliphatic rings. The van der Waals surface area contributed by atoms with Crippen molar-refractivity contribution in [3.63, 3.8) is 0 Å². The second kappa shape index (κ2) is 5.00. The summed E-state index contributed by atoms with van der Waals surface area (Å²) < 4.78 is 15.7. The third kappa shape index (κ3) is 1.90. The summed E-state index contributed by atoms with van der Waals surface area (Å²) >= 11 is 1.61. The number of benzene rings is 1. The highest BCUT2D eigenvalue weighted by Gasteiger charge is 2.14. The first-order valence-corrected chi connectivity index (χ1v) is 5.33. The van der Waals surface area contributed by atoms with Gasteiger partial charge in [-0.2, -0.15) is 0 Å². The van der Waals surface area contributed by atoms with E-state index < -0.39 is 0 Å². The number of hydrogen-bond donors (Lipinski definition) is 0. The van der Waals surface area contributed by atoms with Crippen molar-refractivity contribution in [3.8, 4) is 17.2 Å². The molecule has 1 aromatic rings. The molecule has 4 heteroatoms. The van der Waals surface area contributed by atoms with Gasteiger partial charge in [0.25, 0.3) is 0 Å². The Bertz CT molecular complexity index is 281. The van der Waals surface area contributed by atoms with Crippen molar-refractivity contribution in [2.45, 2.75) is 4.90 Å². The maximum Gasteiger partial charge on any atom is 0.204 e. The molecule has 0 amide bonds. The highest BCUT2D eigenvalue weighted by Crippen LogP contribution is 2.42. The summed E-state index contributed by atoms with van der Waals surface area (Å²) in [5, 5.41) is 0. The van der Waals surface area contributed by atoms with Crippen LogP contribution in [0, 0.1) is 0 Å². The monoisotopic (exact) mass is 214 g/mol. The Kier molecular flexibility index (Phi) is 3.95. The Hall–Kier alpha value is -1.03. The van der Waals surface area contributed by atoms with Crippen LogP contribution in [0.25, 0.3) is 0 Å². The van der Waals surface area contributed by atoms with E-state index in [1.165, 1.54) is 0 Å². The lowest BCUT2D eigenvalue weighted by Gasteiger charge is -2.14. The van der Waals surface area contributed by atoms with Crippen molar-refractivity contribution >= 4 is 11.8 Å². The smallest absolute Gasteiger partial charge is 0.204 e. The van der Waals surface area contributed by atoms with E-state index in [0.717, 1.165) is 10.6 Å². The molecule has 0 radical (unpaired) electrons. The molecular weight excluding hydrogens is 200 g/mol. The lowest BCUT2D eigenvalue weighted by atomic mass is 10.3. The van der Waals surface area contributed by atoms with Gasteiger partial charge in [0.05, 0.1) is 26.2 Å². The van der Waals surface area contributed by atoms with Gasteiger partial charge in [-0.15, -0.1) is 11.8 Å². The molecule has 0 heterocycles. The molecule has 0 bridgehead atoms. The molecule has 0 fully saturated rings. The standard InChI is InChI=1S/C10H14O3S/c1-11-7-5-6-8(14-4)10(13-3)9(7)12-2/h5-6H,1-4H3. The predicted octanol–water partition coefficient (Wildman–Crippen LogP) is 2.43. The van der Waals surface area contributed by atoms with Crippen LogP contribution in [0.15, 0.2) is 17.0 Å². The lowest BCUT2D eigenvalue weighted by Crippen LogP contribution is -1.95. The molecule has 0 aromatic heterocycles. The van der Waals surface area contributed by atoms with E-state index in [4.69, 9.17) is 14.2 Å². The summed E-state index contributed by atoms with van der Waals surface area (Å²) in [6.07, 6.45) is 1.99. The van der Waals surface area contributed by atoms with Crippen LogP contribution >= 0.6 is 11.8 Å². The van der Waals surface area contributed by atoms with E-state index in [-0.39, 0.29) is 0 Å². The Balaban J connectivity index is 3.28. The maximum absolute atomic E-state index is 5.27. The topological polar surface area (TPSA) is 27.7 Å². The predicted molar refractivity (Wildman–Crippen MR) is 57.9 cm³/mol. The summed E-state index contributed by atoms with van der Waals surface area (Å²) in [6.45, 7) is 0. The Morgan fingerprint density at radius 3 is 2.00 bits per heavy atom. The van der Waals surface area contributed by atoms with E-state index in [1.54, 1.807) is 33.1 Å². The largest absolute Gasteiger partial charge is 0.493 e. The molecule has 0 N–H and O–H groups in total. The molecule has 0 unspecified atom stereocenters. The zero-order valence-corrected chi connectivity index (χ0v) is 9.60. The SMILES string of the molecule is COc1ccc(SC)c(OC)c1OC. The van der Waals surface area contributed by atoms with Crippen LogP contribution in [0.4, 0.5) is 0 Å². The normalized spacial score (nSPS) is 9.71. The first kappa shape index (κ1) is 11.0. The first-order chi connectivity index (χ1) is 6.78. The molecular formula is C10H14O3S. The second-order valence-corrected chi connectivity index (χ2v) is 3.38. The van der Waals surface area contributed by atoms with Crippen molar-refractivity contribution in [2.24, 2.45) is 0 Å². The third-order valence-corrected chi connectivity index (χ3v) is 2.65. The van der Waals surface area contributed by atoms with Crippen molar-refractivity contribution < 1.29 is 14.2 Å². The van der Waals surface area contributed by atoms with Crippen LogP contribution in [0.5, 0.6) is 17.2 Å². The number of hydrogen-bond acceptors (Lipinski definition) is 4. The molecule has 1 aromatic carbocycles. The fourth-order valence-corrected chi connectivity index (χ4v) is 1.80. The van der Waals surface area contributed by atoms with Gasteiger partial charge in [-0.1, -0.05) is 0 Å². The highest BCUT2D eigenvalue weighted by molar-refractivity contribution is 7.98. The minimum atomic E-state index is 0.641. The molecule has 0 aliphatic heterocycles. The summed E-state index contributed by atoms with van der Waals surface area (Å²) in [7, 11) is 4.83. The summed E-state index contributed by atoms with van der Waals surface area (Å²) in [5.41, 5.74) is 0. The molecule has 3 nitrogen and oxygen atoms in total.